The van der Waals surface area contributed by atoms with Gasteiger partial charge in [-0.3, -0.25) is 4.98 Å². The minimum Gasteiger partial charge on any atom is -0.493 e. The van der Waals surface area contributed by atoms with Gasteiger partial charge < -0.3 is 14.5 Å². The van der Waals surface area contributed by atoms with Gasteiger partial charge in [-0.25, -0.2) is 9.50 Å². The molecule has 5 rings (SSSR count). The van der Waals surface area contributed by atoms with Crippen molar-refractivity contribution in [2.45, 2.75) is 71.1 Å². The highest BCUT2D eigenvalue weighted by molar-refractivity contribution is 5.89. The lowest BCUT2D eigenvalue weighted by Crippen LogP contribution is -2.15. The molecule has 0 bridgehead atoms. The van der Waals surface area contributed by atoms with Crippen molar-refractivity contribution in [3.05, 3.63) is 41.5 Å². The number of hydrogen-bond donors (Lipinski definition) is 1. The van der Waals surface area contributed by atoms with Crippen LogP contribution in [0.3, 0.4) is 0 Å². The minimum atomic E-state index is 0.316. The lowest BCUT2D eigenvalue weighted by atomic mass is 9.78. The fourth-order valence-corrected chi connectivity index (χ4v) is 5.88. The zero-order chi connectivity index (χ0) is 24.5. The van der Waals surface area contributed by atoms with Crippen LogP contribution in [0.1, 0.15) is 81.0 Å². The fraction of sp³-hybridized carbons (Fsp3) is 0.536. The van der Waals surface area contributed by atoms with Gasteiger partial charge in [0.05, 0.1) is 23.8 Å². The summed E-state index contributed by atoms with van der Waals surface area (Å²) in [6, 6.07) is 4.34. The number of hydrogen-bond acceptors (Lipinski definition) is 5. The second-order valence-electron chi connectivity index (χ2n) is 10.3. The van der Waals surface area contributed by atoms with E-state index < -0.39 is 0 Å². The van der Waals surface area contributed by atoms with Crippen LogP contribution in [0.5, 0.6) is 5.75 Å². The molecule has 4 heterocycles. The van der Waals surface area contributed by atoms with Gasteiger partial charge in [-0.05, 0) is 75.0 Å². The zero-order valence-electron chi connectivity index (χ0n) is 21.6. The van der Waals surface area contributed by atoms with Crippen molar-refractivity contribution < 1.29 is 9.47 Å². The van der Waals surface area contributed by atoms with Crippen LogP contribution in [0.15, 0.2) is 24.7 Å². The third kappa shape index (κ3) is 4.54. The standard InChI is InChI=1S/C28H37N5O2/c1-17(2)24-26(21-14-23(35-5)28-29-16-30-33(28)15-21)31-22-13-18(3)25(32-27(22)24)20-10-8-19(9-11-20)7-6-12-34-4/h13-17,19-20,31H,6-12H2,1-5H3. The van der Waals surface area contributed by atoms with Crippen molar-refractivity contribution in [2.75, 3.05) is 20.8 Å². The summed E-state index contributed by atoms with van der Waals surface area (Å²) in [5, 5.41) is 4.35. The van der Waals surface area contributed by atoms with Crippen molar-refractivity contribution in [3.63, 3.8) is 0 Å². The second-order valence-corrected chi connectivity index (χ2v) is 10.3. The summed E-state index contributed by atoms with van der Waals surface area (Å²) >= 11 is 0. The molecule has 0 amide bonds. The van der Waals surface area contributed by atoms with Gasteiger partial charge in [0.2, 0.25) is 0 Å². The van der Waals surface area contributed by atoms with Gasteiger partial charge in [0, 0.05) is 42.7 Å². The summed E-state index contributed by atoms with van der Waals surface area (Å²) in [6.07, 6.45) is 11.1. The first-order valence-corrected chi connectivity index (χ1v) is 12.9. The Morgan fingerprint density at radius 2 is 1.94 bits per heavy atom. The van der Waals surface area contributed by atoms with Crippen LogP contribution in [-0.2, 0) is 4.74 Å². The topological polar surface area (TPSA) is 77.3 Å². The number of rotatable bonds is 8. The summed E-state index contributed by atoms with van der Waals surface area (Å²) in [7, 11) is 3.47. The van der Waals surface area contributed by atoms with Crippen molar-refractivity contribution in [2.24, 2.45) is 5.92 Å². The van der Waals surface area contributed by atoms with E-state index >= 15 is 0 Å². The molecule has 1 saturated carbocycles. The smallest absolute Gasteiger partial charge is 0.197 e. The third-order valence-electron chi connectivity index (χ3n) is 7.66. The highest BCUT2D eigenvalue weighted by Gasteiger charge is 2.26. The first kappa shape index (κ1) is 23.8. The lowest BCUT2D eigenvalue weighted by molar-refractivity contribution is 0.180. The Hall–Kier alpha value is -2.93. The number of nitrogens with zero attached hydrogens (tertiary/aromatic N) is 4. The van der Waals surface area contributed by atoms with Crippen LogP contribution in [0.2, 0.25) is 0 Å². The number of H-pyrrole nitrogens is 1. The quantitative estimate of drug-likeness (QED) is 0.298. The Labute approximate surface area is 207 Å². The highest BCUT2D eigenvalue weighted by Crippen LogP contribution is 2.41. The maximum atomic E-state index is 5.62. The van der Waals surface area contributed by atoms with Gasteiger partial charge in [0.25, 0.3) is 0 Å². The molecule has 7 heteroatoms. The Kier molecular flexibility index (Phi) is 6.78. The SMILES string of the molecule is COCCCC1CCC(c2nc3c(C(C)C)c(-c4cc(OC)c5ncnn5c4)[nH]c3cc2C)CC1. The van der Waals surface area contributed by atoms with Crippen LogP contribution in [0.25, 0.3) is 27.9 Å². The molecule has 1 fully saturated rings. The van der Waals surface area contributed by atoms with E-state index in [0.717, 1.165) is 34.8 Å². The van der Waals surface area contributed by atoms with Crippen LogP contribution in [0.4, 0.5) is 0 Å². The normalized spacial score (nSPS) is 18.7. The molecule has 7 nitrogen and oxygen atoms in total. The number of aryl methyl sites for hydroxylation is 1. The van der Waals surface area contributed by atoms with Crippen LogP contribution in [0, 0.1) is 12.8 Å². The summed E-state index contributed by atoms with van der Waals surface area (Å²) in [5.41, 5.74) is 8.82. The van der Waals surface area contributed by atoms with Gasteiger partial charge in [0.15, 0.2) is 11.4 Å². The average Bonchev–Trinajstić information content (AvgIpc) is 3.48. The molecule has 0 aliphatic heterocycles. The predicted octanol–water partition coefficient (Wildman–Crippen LogP) is 6.41. The number of pyridine rings is 2. The van der Waals surface area contributed by atoms with E-state index in [2.05, 4.69) is 41.9 Å². The van der Waals surface area contributed by atoms with Gasteiger partial charge in [-0.2, -0.15) is 5.10 Å². The molecule has 0 atom stereocenters. The molecule has 0 saturated heterocycles. The molecule has 0 spiro atoms. The van der Waals surface area contributed by atoms with E-state index in [-0.39, 0.29) is 0 Å². The summed E-state index contributed by atoms with van der Waals surface area (Å²) in [4.78, 5) is 13.4. The molecule has 186 valence electrons. The summed E-state index contributed by atoms with van der Waals surface area (Å²) < 4.78 is 12.6. The maximum absolute atomic E-state index is 5.62. The molecule has 4 aromatic rings. The summed E-state index contributed by atoms with van der Waals surface area (Å²) in [6.45, 7) is 7.57. The average molecular weight is 476 g/mol. The van der Waals surface area contributed by atoms with E-state index in [9.17, 15) is 0 Å². The molecule has 1 N–H and O–H groups in total. The van der Waals surface area contributed by atoms with Crippen LogP contribution in [-0.4, -0.2) is 45.4 Å². The predicted molar refractivity (Wildman–Crippen MR) is 139 cm³/mol. The molecular weight excluding hydrogens is 438 g/mol. The first-order valence-electron chi connectivity index (χ1n) is 12.9. The number of ether oxygens (including phenoxy) is 2. The molecular formula is C28H37N5O2. The first-order chi connectivity index (χ1) is 17.0. The monoisotopic (exact) mass is 475 g/mol. The lowest BCUT2D eigenvalue weighted by Gasteiger charge is -2.29. The van der Waals surface area contributed by atoms with E-state index in [1.165, 1.54) is 55.3 Å². The molecule has 4 aromatic heterocycles. The summed E-state index contributed by atoms with van der Waals surface area (Å²) in [5.74, 6) is 2.40. The molecule has 1 aliphatic carbocycles. The Balaban J connectivity index is 1.51. The van der Waals surface area contributed by atoms with Gasteiger partial charge in [-0.1, -0.05) is 13.8 Å². The van der Waals surface area contributed by atoms with Gasteiger partial charge in [0.1, 0.15) is 6.33 Å². The molecule has 0 aromatic carbocycles. The molecule has 35 heavy (non-hydrogen) atoms. The van der Waals surface area contributed by atoms with E-state index in [0.29, 0.717) is 23.2 Å². The molecule has 0 unspecified atom stereocenters. The van der Waals surface area contributed by atoms with Crippen molar-refractivity contribution >= 4 is 16.7 Å². The van der Waals surface area contributed by atoms with Crippen molar-refractivity contribution in [1.29, 1.82) is 0 Å². The molecule has 0 radical (unpaired) electrons. The van der Waals surface area contributed by atoms with Crippen molar-refractivity contribution in [3.8, 4) is 17.0 Å². The Morgan fingerprint density at radius 1 is 1.14 bits per heavy atom. The van der Waals surface area contributed by atoms with E-state index in [1.807, 2.05) is 12.3 Å². The number of aromatic amines is 1. The third-order valence-corrected chi connectivity index (χ3v) is 7.66. The Bertz CT molecular complexity index is 1310. The van der Waals surface area contributed by atoms with Gasteiger partial charge >= 0.3 is 0 Å². The minimum absolute atomic E-state index is 0.316. The van der Waals surface area contributed by atoms with Gasteiger partial charge in [-0.15, -0.1) is 0 Å². The molecule has 1 aliphatic rings. The number of fused-ring (bicyclic) bond motifs is 2. The van der Waals surface area contributed by atoms with E-state index in [4.69, 9.17) is 14.5 Å². The largest absolute Gasteiger partial charge is 0.493 e. The van der Waals surface area contributed by atoms with Crippen LogP contribution < -0.4 is 4.74 Å². The van der Waals surface area contributed by atoms with E-state index in [1.54, 1.807) is 25.1 Å². The second kappa shape index (κ2) is 9.97. The van der Waals surface area contributed by atoms with Crippen LogP contribution >= 0.6 is 0 Å². The number of nitrogens with one attached hydrogen (secondary N) is 1. The number of methoxy groups -OCH3 is 2. The van der Waals surface area contributed by atoms with Crippen molar-refractivity contribution in [1.82, 2.24) is 24.6 Å². The maximum Gasteiger partial charge on any atom is 0.197 e. The Morgan fingerprint density at radius 3 is 2.66 bits per heavy atom. The highest BCUT2D eigenvalue weighted by atomic mass is 16.5. The fourth-order valence-electron chi connectivity index (χ4n) is 5.88. The zero-order valence-corrected chi connectivity index (χ0v) is 21.6. The number of aromatic nitrogens is 5.